The number of hydrogen-bond donors (Lipinski definition) is 1. The van der Waals surface area contributed by atoms with Crippen LogP contribution in [0.3, 0.4) is 0 Å². The summed E-state index contributed by atoms with van der Waals surface area (Å²) in [6.45, 7) is 2.99. The van der Waals surface area contributed by atoms with Gasteiger partial charge in [0.05, 0.1) is 18.1 Å². The van der Waals surface area contributed by atoms with Crippen molar-refractivity contribution in [3.05, 3.63) is 28.7 Å². The molecule has 1 amide bonds. The van der Waals surface area contributed by atoms with Crippen molar-refractivity contribution in [2.24, 2.45) is 0 Å². The first-order valence-electron chi connectivity index (χ1n) is 9.71. The maximum Gasteiger partial charge on any atom is 0.240 e. The molecule has 0 atom stereocenters. The molecule has 2 fully saturated rings. The third-order valence-electron chi connectivity index (χ3n) is 5.17. The van der Waals surface area contributed by atoms with Crippen LogP contribution < -0.4 is 4.72 Å². The number of likely N-dealkylation sites (tertiary alicyclic amines) is 1. The van der Waals surface area contributed by atoms with E-state index in [4.69, 9.17) is 9.47 Å². The van der Waals surface area contributed by atoms with Gasteiger partial charge in [-0.3, -0.25) is 4.79 Å². The van der Waals surface area contributed by atoms with Gasteiger partial charge in [0.25, 0.3) is 0 Å². The van der Waals surface area contributed by atoms with Gasteiger partial charge in [-0.05, 0) is 37.1 Å². The van der Waals surface area contributed by atoms with Crippen LogP contribution in [0.2, 0.25) is 0 Å². The Morgan fingerprint density at radius 2 is 1.71 bits per heavy atom. The summed E-state index contributed by atoms with van der Waals surface area (Å²) in [5, 5.41) is 0. The molecule has 156 valence electrons. The van der Waals surface area contributed by atoms with Gasteiger partial charge in [-0.1, -0.05) is 22.4 Å². The number of carbonyl (C=O) groups is 1. The summed E-state index contributed by atoms with van der Waals surface area (Å²) in [6, 6.07) is 6.53. The predicted molar refractivity (Wildman–Crippen MR) is 108 cm³/mol. The molecule has 0 aromatic heterocycles. The van der Waals surface area contributed by atoms with Gasteiger partial charge in [0.1, 0.15) is 0 Å². The minimum absolute atomic E-state index is 0.156. The van der Waals surface area contributed by atoms with Gasteiger partial charge in [0.2, 0.25) is 15.9 Å². The van der Waals surface area contributed by atoms with E-state index in [1.807, 2.05) is 4.90 Å². The van der Waals surface area contributed by atoms with E-state index in [1.165, 1.54) is 0 Å². The number of amides is 1. The fourth-order valence-electron chi connectivity index (χ4n) is 3.52. The number of carbonyl (C=O) groups excluding carboxylic acids is 1. The maximum absolute atomic E-state index is 12.3. The first-order valence-corrected chi connectivity index (χ1v) is 12.0. The molecular weight excluding hydrogens is 448 g/mol. The average Bonchev–Trinajstić information content (AvgIpc) is 3.13. The highest BCUT2D eigenvalue weighted by molar-refractivity contribution is 9.10. The number of unbranched alkanes of at least 4 members (excludes halogenated alkanes) is 2. The highest BCUT2D eigenvalue weighted by atomic mass is 79.9. The van der Waals surface area contributed by atoms with Crippen LogP contribution in [0.4, 0.5) is 0 Å². The summed E-state index contributed by atoms with van der Waals surface area (Å²) < 4.78 is 39.2. The fourth-order valence-corrected chi connectivity index (χ4v) is 4.86. The number of piperidine rings is 1. The topological polar surface area (TPSA) is 84.9 Å². The predicted octanol–water partition coefficient (Wildman–Crippen LogP) is 2.65. The lowest BCUT2D eigenvalue weighted by Gasteiger charge is -2.37. The van der Waals surface area contributed by atoms with Crippen LogP contribution in [-0.2, 0) is 24.3 Å². The van der Waals surface area contributed by atoms with Crippen LogP contribution in [0.5, 0.6) is 0 Å². The minimum atomic E-state index is -3.48. The number of nitrogens with one attached hydrogen (secondary N) is 1. The molecule has 7 nitrogen and oxygen atoms in total. The largest absolute Gasteiger partial charge is 0.347 e. The zero-order valence-corrected chi connectivity index (χ0v) is 18.3. The SMILES string of the molecule is O=C(CCCCCNS(=O)(=O)c1ccc(Br)cc1)N1CCC2(CC1)OCCO2. The number of ether oxygens (including phenoxy) is 2. The van der Waals surface area contributed by atoms with E-state index in [-0.39, 0.29) is 10.8 Å². The van der Waals surface area contributed by atoms with Crippen LogP contribution in [0.15, 0.2) is 33.6 Å². The standard InChI is InChI=1S/C19H27BrN2O5S/c20-16-5-7-17(8-6-16)28(24,25)21-11-3-1-2-4-18(23)22-12-9-19(10-13-22)26-14-15-27-19/h5-8,21H,1-4,9-15H2. The normalized spacial score (nSPS) is 19.2. The molecule has 1 aromatic rings. The van der Waals surface area contributed by atoms with Crippen molar-refractivity contribution in [2.45, 2.75) is 49.2 Å². The summed E-state index contributed by atoms with van der Waals surface area (Å²) in [4.78, 5) is 14.5. The Hall–Kier alpha value is -1.00. The molecule has 0 aliphatic carbocycles. The van der Waals surface area contributed by atoms with Crippen molar-refractivity contribution in [1.29, 1.82) is 0 Å². The molecule has 1 spiro atoms. The lowest BCUT2D eigenvalue weighted by Crippen LogP contribution is -2.47. The Bertz CT molecular complexity index is 753. The van der Waals surface area contributed by atoms with E-state index in [2.05, 4.69) is 20.7 Å². The van der Waals surface area contributed by atoms with Crippen molar-refractivity contribution in [3.8, 4) is 0 Å². The summed E-state index contributed by atoms with van der Waals surface area (Å²) in [5.74, 6) is -0.300. The van der Waals surface area contributed by atoms with Gasteiger partial charge in [0, 0.05) is 43.4 Å². The molecule has 0 radical (unpaired) electrons. The zero-order valence-electron chi connectivity index (χ0n) is 15.9. The third-order valence-corrected chi connectivity index (χ3v) is 7.18. The molecule has 28 heavy (non-hydrogen) atoms. The van der Waals surface area contributed by atoms with Gasteiger partial charge in [-0.2, -0.15) is 0 Å². The molecule has 0 saturated carbocycles. The van der Waals surface area contributed by atoms with E-state index in [1.54, 1.807) is 24.3 Å². The first-order chi connectivity index (χ1) is 13.4. The van der Waals surface area contributed by atoms with E-state index in [0.717, 1.165) is 30.2 Å². The summed E-state index contributed by atoms with van der Waals surface area (Å²) >= 11 is 3.29. The van der Waals surface area contributed by atoms with Crippen LogP contribution in [-0.4, -0.2) is 57.9 Å². The third kappa shape index (κ3) is 5.76. The van der Waals surface area contributed by atoms with E-state index in [9.17, 15) is 13.2 Å². The number of sulfonamides is 1. The Morgan fingerprint density at radius 3 is 2.36 bits per heavy atom. The first kappa shape index (κ1) is 21.7. The molecule has 2 heterocycles. The van der Waals surface area contributed by atoms with Crippen LogP contribution in [0.1, 0.15) is 38.5 Å². The Balaban J connectivity index is 1.29. The van der Waals surface area contributed by atoms with E-state index >= 15 is 0 Å². The molecule has 2 saturated heterocycles. The number of hydrogen-bond acceptors (Lipinski definition) is 5. The fraction of sp³-hybridized carbons (Fsp3) is 0.632. The molecule has 0 unspecified atom stereocenters. The Labute approximate surface area is 174 Å². The molecule has 9 heteroatoms. The van der Waals surface area contributed by atoms with Crippen molar-refractivity contribution in [1.82, 2.24) is 9.62 Å². The lowest BCUT2D eigenvalue weighted by atomic mass is 10.0. The maximum atomic E-state index is 12.3. The monoisotopic (exact) mass is 474 g/mol. The molecule has 3 rings (SSSR count). The Kier molecular flexibility index (Phi) is 7.49. The molecule has 1 N–H and O–H groups in total. The zero-order chi connectivity index (χ0) is 20.0. The second-order valence-electron chi connectivity index (χ2n) is 7.15. The van der Waals surface area contributed by atoms with Crippen LogP contribution in [0, 0.1) is 0 Å². The second kappa shape index (κ2) is 9.67. The number of rotatable bonds is 8. The smallest absolute Gasteiger partial charge is 0.240 e. The summed E-state index contributed by atoms with van der Waals surface area (Å²) in [7, 11) is -3.48. The van der Waals surface area contributed by atoms with Crippen molar-refractivity contribution >= 4 is 31.9 Å². The van der Waals surface area contributed by atoms with Crippen LogP contribution in [0.25, 0.3) is 0 Å². The van der Waals surface area contributed by atoms with Gasteiger partial charge < -0.3 is 14.4 Å². The number of halogens is 1. The quantitative estimate of drug-likeness (QED) is 0.585. The van der Waals surface area contributed by atoms with E-state index in [0.29, 0.717) is 45.7 Å². The lowest BCUT2D eigenvalue weighted by molar-refractivity contribution is -0.187. The minimum Gasteiger partial charge on any atom is -0.347 e. The van der Waals surface area contributed by atoms with Gasteiger partial charge in [-0.25, -0.2) is 13.1 Å². The van der Waals surface area contributed by atoms with Gasteiger partial charge >= 0.3 is 0 Å². The van der Waals surface area contributed by atoms with Gasteiger partial charge in [-0.15, -0.1) is 0 Å². The van der Waals surface area contributed by atoms with Crippen molar-refractivity contribution < 1.29 is 22.7 Å². The molecule has 0 bridgehead atoms. The highest BCUT2D eigenvalue weighted by Gasteiger charge is 2.40. The van der Waals surface area contributed by atoms with Gasteiger partial charge in [0.15, 0.2) is 5.79 Å². The van der Waals surface area contributed by atoms with Crippen molar-refractivity contribution in [2.75, 3.05) is 32.8 Å². The van der Waals surface area contributed by atoms with Crippen molar-refractivity contribution in [3.63, 3.8) is 0 Å². The number of nitrogens with zero attached hydrogens (tertiary/aromatic N) is 1. The average molecular weight is 475 g/mol. The molecular formula is C19H27BrN2O5S. The number of benzene rings is 1. The summed E-state index contributed by atoms with van der Waals surface area (Å²) in [5.41, 5.74) is 0. The molecule has 1 aromatic carbocycles. The molecule has 2 aliphatic rings. The van der Waals surface area contributed by atoms with Crippen LogP contribution >= 0.6 is 15.9 Å². The van der Waals surface area contributed by atoms with E-state index < -0.39 is 15.8 Å². The highest BCUT2D eigenvalue weighted by Crippen LogP contribution is 2.31. The summed E-state index contributed by atoms with van der Waals surface area (Å²) in [6.07, 6.45) is 4.22. The Morgan fingerprint density at radius 1 is 1.07 bits per heavy atom. The second-order valence-corrected chi connectivity index (χ2v) is 9.83. The molecule has 2 aliphatic heterocycles.